The summed E-state index contributed by atoms with van der Waals surface area (Å²) in [6.07, 6.45) is 0.603. The minimum Gasteiger partial charge on any atom is -0.352 e. The summed E-state index contributed by atoms with van der Waals surface area (Å²) in [5.41, 5.74) is 2.39. The van der Waals surface area contributed by atoms with Crippen molar-refractivity contribution in [3.63, 3.8) is 0 Å². The van der Waals surface area contributed by atoms with E-state index in [1.54, 1.807) is 0 Å². The average molecular weight is 205 g/mol. The second-order valence-electron chi connectivity index (χ2n) is 4.36. The monoisotopic (exact) mass is 205 g/mol. The van der Waals surface area contributed by atoms with E-state index in [9.17, 15) is 4.79 Å². The van der Waals surface area contributed by atoms with Crippen LogP contribution in [0.5, 0.6) is 0 Å². The van der Waals surface area contributed by atoms with Crippen molar-refractivity contribution in [2.75, 3.05) is 0 Å². The van der Waals surface area contributed by atoms with E-state index in [-0.39, 0.29) is 5.91 Å². The van der Waals surface area contributed by atoms with Gasteiger partial charge >= 0.3 is 0 Å². The van der Waals surface area contributed by atoms with Crippen molar-refractivity contribution >= 4 is 5.91 Å². The van der Waals surface area contributed by atoms with Gasteiger partial charge in [0, 0.05) is 13.0 Å². The van der Waals surface area contributed by atoms with Gasteiger partial charge in [-0.3, -0.25) is 4.79 Å². The number of hydrogen-bond donors (Lipinski definition) is 1. The Hall–Kier alpha value is -1.31. The minimum absolute atomic E-state index is 0.131. The number of benzene rings is 1. The van der Waals surface area contributed by atoms with Crippen LogP contribution in [0.1, 0.15) is 31.4 Å². The molecule has 0 aliphatic heterocycles. The molecule has 0 atom stereocenters. The third-order valence-electron chi connectivity index (χ3n) is 2.17. The number of carbonyl (C=O) groups excluding carboxylic acids is 1. The molecule has 82 valence electrons. The van der Waals surface area contributed by atoms with Crippen LogP contribution in [-0.2, 0) is 11.3 Å². The molecule has 0 spiro atoms. The van der Waals surface area contributed by atoms with Crippen LogP contribution in [-0.4, -0.2) is 5.91 Å². The summed E-state index contributed by atoms with van der Waals surface area (Å²) in [4.78, 5) is 11.4. The molecule has 0 aromatic heterocycles. The van der Waals surface area contributed by atoms with Crippen molar-refractivity contribution in [3.8, 4) is 0 Å². The van der Waals surface area contributed by atoms with E-state index in [2.05, 4.69) is 24.4 Å². The van der Waals surface area contributed by atoms with Crippen LogP contribution < -0.4 is 5.32 Å². The van der Waals surface area contributed by atoms with Crippen LogP contribution in [0.15, 0.2) is 24.3 Å². The fraction of sp³-hybridized carbons (Fsp3) is 0.462. The maximum absolute atomic E-state index is 11.4. The molecule has 1 rings (SSSR count). The van der Waals surface area contributed by atoms with Crippen molar-refractivity contribution in [3.05, 3.63) is 35.4 Å². The standard InChI is InChI=1S/C13H19NO/c1-10(2)7-13(15)14-9-12-6-4-5-11(3)8-12/h4-6,8,10H,7,9H2,1-3H3,(H,14,15). The van der Waals surface area contributed by atoms with Crippen molar-refractivity contribution < 1.29 is 4.79 Å². The van der Waals surface area contributed by atoms with Crippen LogP contribution in [0, 0.1) is 12.8 Å². The summed E-state index contributed by atoms with van der Waals surface area (Å²) in [6, 6.07) is 8.19. The molecule has 0 fully saturated rings. The first kappa shape index (κ1) is 11.8. The Bertz CT molecular complexity index is 331. The van der Waals surface area contributed by atoms with Gasteiger partial charge in [-0.15, -0.1) is 0 Å². The molecule has 0 saturated carbocycles. The van der Waals surface area contributed by atoms with E-state index in [0.29, 0.717) is 18.9 Å². The maximum Gasteiger partial charge on any atom is 0.220 e. The fourth-order valence-electron chi connectivity index (χ4n) is 1.47. The Labute approximate surface area is 91.7 Å². The van der Waals surface area contributed by atoms with Crippen LogP contribution in [0.3, 0.4) is 0 Å². The van der Waals surface area contributed by atoms with Gasteiger partial charge in [-0.05, 0) is 18.4 Å². The lowest BCUT2D eigenvalue weighted by Crippen LogP contribution is -2.23. The van der Waals surface area contributed by atoms with Gasteiger partial charge < -0.3 is 5.32 Å². The lowest BCUT2D eigenvalue weighted by atomic mass is 10.1. The molecule has 0 saturated heterocycles. The molecule has 0 aliphatic rings. The molecule has 15 heavy (non-hydrogen) atoms. The fourth-order valence-corrected chi connectivity index (χ4v) is 1.47. The smallest absolute Gasteiger partial charge is 0.220 e. The summed E-state index contributed by atoms with van der Waals surface area (Å²) in [5.74, 6) is 0.550. The number of amides is 1. The van der Waals surface area contributed by atoms with Gasteiger partial charge in [-0.2, -0.15) is 0 Å². The normalized spacial score (nSPS) is 10.4. The van der Waals surface area contributed by atoms with Crippen molar-refractivity contribution in [2.24, 2.45) is 5.92 Å². The second-order valence-corrected chi connectivity index (χ2v) is 4.36. The first-order valence-electron chi connectivity index (χ1n) is 5.40. The quantitative estimate of drug-likeness (QED) is 0.804. The molecule has 2 heteroatoms. The second kappa shape index (κ2) is 5.54. The Morgan fingerprint density at radius 2 is 2.13 bits per heavy atom. The summed E-state index contributed by atoms with van der Waals surface area (Å²) >= 11 is 0. The van der Waals surface area contributed by atoms with Gasteiger partial charge in [-0.25, -0.2) is 0 Å². The van der Waals surface area contributed by atoms with Crippen LogP contribution in [0.2, 0.25) is 0 Å². The zero-order valence-corrected chi connectivity index (χ0v) is 9.71. The summed E-state index contributed by atoms with van der Waals surface area (Å²) in [6.45, 7) is 6.78. The Morgan fingerprint density at radius 3 is 2.73 bits per heavy atom. The van der Waals surface area contributed by atoms with Gasteiger partial charge in [0.1, 0.15) is 0 Å². The highest BCUT2D eigenvalue weighted by molar-refractivity contribution is 5.76. The van der Waals surface area contributed by atoms with Gasteiger partial charge in [0.15, 0.2) is 0 Å². The molecule has 0 radical (unpaired) electrons. The van der Waals surface area contributed by atoms with Crippen molar-refractivity contribution in [1.29, 1.82) is 0 Å². The van der Waals surface area contributed by atoms with Gasteiger partial charge in [0.25, 0.3) is 0 Å². The highest BCUT2D eigenvalue weighted by Gasteiger charge is 2.03. The first-order valence-corrected chi connectivity index (χ1v) is 5.40. The SMILES string of the molecule is Cc1cccc(CNC(=O)CC(C)C)c1. The zero-order chi connectivity index (χ0) is 11.3. The van der Waals surface area contributed by atoms with Crippen molar-refractivity contribution in [1.82, 2.24) is 5.32 Å². The van der Waals surface area contributed by atoms with E-state index in [0.717, 1.165) is 5.56 Å². The van der Waals surface area contributed by atoms with E-state index < -0.39 is 0 Å². The Morgan fingerprint density at radius 1 is 1.40 bits per heavy atom. The lowest BCUT2D eigenvalue weighted by molar-refractivity contribution is -0.121. The van der Waals surface area contributed by atoms with E-state index in [1.165, 1.54) is 5.56 Å². The molecule has 1 aromatic rings. The molecule has 0 bridgehead atoms. The van der Waals surface area contributed by atoms with Gasteiger partial charge in [-0.1, -0.05) is 43.7 Å². The summed E-state index contributed by atoms with van der Waals surface area (Å²) < 4.78 is 0. The number of carbonyl (C=O) groups is 1. The summed E-state index contributed by atoms with van der Waals surface area (Å²) in [5, 5.41) is 2.92. The predicted molar refractivity (Wildman–Crippen MR) is 62.5 cm³/mol. The largest absolute Gasteiger partial charge is 0.352 e. The molecule has 1 aromatic carbocycles. The molecular formula is C13H19NO. The topological polar surface area (TPSA) is 29.1 Å². The number of aryl methyl sites for hydroxylation is 1. The third kappa shape index (κ3) is 4.63. The summed E-state index contributed by atoms with van der Waals surface area (Å²) in [7, 11) is 0. The number of nitrogens with one attached hydrogen (secondary N) is 1. The molecule has 0 aliphatic carbocycles. The third-order valence-corrected chi connectivity index (χ3v) is 2.17. The van der Waals surface area contributed by atoms with Crippen molar-refractivity contribution in [2.45, 2.75) is 33.7 Å². The van der Waals surface area contributed by atoms with Crippen LogP contribution >= 0.6 is 0 Å². The Kier molecular flexibility index (Phi) is 4.35. The average Bonchev–Trinajstić information content (AvgIpc) is 2.14. The molecule has 0 heterocycles. The minimum atomic E-state index is 0.131. The van der Waals surface area contributed by atoms with Crippen LogP contribution in [0.25, 0.3) is 0 Å². The highest BCUT2D eigenvalue weighted by atomic mass is 16.1. The first-order chi connectivity index (χ1) is 7.08. The molecular weight excluding hydrogens is 186 g/mol. The molecule has 2 nitrogen and oxygen atoms in total. The number of rotatable bonds is 4. The molecule has 1 amide bonds. The van der Waals surface area contributed by atoms with E-state index >= 15 is 0 Å². The predicted octanol–water partition coefficient (Wildman–Crippen LogP) is 2.66. The maximum atomic E-state index is 11.4. The lowest BCUT2D eigenvalue weighted by Gasteiger charge is -2.07. The van der Waals surface area contributed by atoms with E-state index in [4.69, 9.17) is 0 Å². The highest BCUT2D eigenvalue weighted by Crippen LogP contribution is 2.04. The van der Waals surface area contributed by atoms with E-state index in [1.807, 2.05) is 26.0 Å². The van der Waals surface area contributed by atoms with Crippen LogP contribution in [0.4, 0.5) is 0 Å². The number of hydrogen-bond acceptors (Lipinski definition) is 1. The van der Waals surface area contributed by atoms with Gasteiger partial charge in [0.05, 0.1) is 0 Å². The molecule has 1 N–H and O–H groups in total. The Balaban J connectivity index is 2.40. The zero-order valence-electron chi connectivity index (χ0n) is 9.71. The van der Waals surface area contributed by atoms with Gasteiger partial charge in [0.2, 0.25) is 5.91 Å². The molecule has 0 unspecified atom stereocenters.